The van der Waals surface area contributed by atoms with Crippen LogP contribution in [0, 0.1) is 6.92 Å². The van der Waals surface area contributed by atoms with Gasteiger partial charge in [-0.1, -0.05) is 31.9 Å². The average Bonchev–Trinajstić information content (AvgIpc) is 2.44. The Morgan fingerprint density at radius 3 is 2.85 bits per heavy atom. The number of rotatable bonds is 7. The molecule has 0 amide bonds. The summed E-state index contributed by atoms with van der Waals surface area (Å²) in [5, 5.41) is 6.55. The topological polar surface area (TPSA) is 49.8 Å². The zero-order valence-electron chi connectivity index (χ0n) is 12.2. The molecule has 0 saturated heterocycles. The Bertz CT molecular complexity index is 540. The molecule has 0 aliphatic heterocycles. The van der Waals surface area contributed by atoms with Gasteiger partial charge in [0.05, 0.1) is 0 Å². The van der Waals surface area contributed by atoms with E-state index in [4.69, 9.17) is 0 Å². The highest BCUT2D eigenvalue weighted by atomic mass is 15.1. The van der Waals surface area contributed by atoms with Crippen LogP contribution in [0.1, 0.15) is 31.7 Å². The Kier molecular flexibility index (Phi) is 5.35. The number of nitrogens with one attached hydrogen (secondary N) is 2. The number of aryl methyl sites for hydroxylation is 1. The molecule has 2 aromatic rings. The number of hydrogen-bond donors (Lipinski definition) is 2. The van der Waals surface area contributed by atoms with Crippen molar-refractivity contribution in [1.82, 2.24) is 9.97 Å². The van der Waals surface area contributed by atoms with Gasteiger partial charge in [-0.3, -0.25) is 0 Å². The van der Waals surface area contributed by atoms with Gasteiger partial charge in [-0.15, -0.1) is 0 Å². The van der Waals surface area contributed by atoms with Crippen LogP contribution in [0.25, 0.3) is 0 Å². The van der Waals surface area contributed by atoms with Gasteiger partial charge in [-0.2, -0.15) is 4.98 Å². The van der Waals surface area contributed by atoms with Gasteiger partial charge in [-0.05, 0) is 37.1 Å². The molecular weight excluding hydrogens is 248 g/mol. The molecule has 4 nitrogen and oxygen atoms in total. The molecule has 1 aromatic heterocycles. The van der Waals surface area contributed by atoms with Gasteiger partial charge in [0, 0.05) is 18.4 Å². The van der Waals surface area contributed by atoms with Crippen LogP contribution in [0.15, 0.2) is 36.5 Å². The summed E-state index contributed by atoms with van der Waals surface area (Å²) in [6.07, 6.45) is 5.37. The average molecular weight is 270 g/mol. The Morgan fingerprint density at radius 1 is 1.15 bits per heavy atom. The zero-order valence-corrected chi connectivity index (χ0v) is 12.2. The number of aromatic nitrogens is 2. The Labute approximate surface area is 120 Å². The lowest BCUT2D eigenvalue weighted by atomic mass is 10.2. The van der Waals surface area contributed by atoms with E-state index in [9.17, 15) is 0 Å². The first-order chi connectivity index (χ1) is 9.78. The molecule has 0 bridgehead atoms. The first-order valence-electron chi connectivity index (χ1n) is 7.18. The van der Waals surface area contributed by atoms with Crippen LogP contribution < -0.4 is 10.6 Å². The van der Waals surface area contributed by atoms with Crippen molar-refractivity contribution >= 4 is 17.5 Å². The second-order valence-corrected chi connectivity index (χ2v) is 4.89. The van der Waals surface area contributed by atoms with Crippen molar-refractivity contribution in [3.63, 3.8) is 0 Å². The minimum Gasteiger partial charge on any atom is -0.354 e. The predicted octanol–water partition coefficient (Wildman–Crippen LogP) is 4.13. The number of nitrogens with zero attached hydrogens (tertiary/aromatic N) is 2. The van der Waals surface area contributed by atoms with Crippen LogP contribution in [0.4, 0.5) is 17.5 Å². The third-order valence-electron chi connectivity index (χ3n) is 3.01. The molecule has 20 heavy (non-hydrogen) atoms. The maximum absolute atomic E-state index is 4.46. The lowest BCUT2D eigenvalue weighted by Crippen LogP contribution is -2.06. The molecule has 2 N–H and O–H groups in total. The van der Waals surface area contributed by atoms with Crippen molar-refractivity contribution in [2.24, 2.45) is 0 Å². The van der Waals surface area contributed by atoms with E-state index >= 15 is 0 Å². The lowest BCUT2D eigenvalue weighted by Gasteiger charge is -2.08. The second-order valence-electron chi connectivity index (χ2n) is 4.89. The van der Waals surface area contributed by atoms with E-state index in [2.05, 4.69) is 46.6 Å². The van der Waals surface area contributed by atoms with Gasteiger partial charge in [0.25, 0.3) is 0 Å². The van der Waals surface area contributed by atoms with Crippen molar-refractivity contribution in [3.8, 4) is 0 Å². The van der Waals surface area contributed by atoms with Crippen LogP contribution in [-0.4, -0.2) is 16.5 Å². The van der Waals surface area contributed by atoms with Gasteiger partial charge >= 0.3 is 0 Å². The van der Waals surface area contributed by atoms with E-state index in [0.717, 1.165) is 24.5 Å². The van der Waals surface area contributed by atoms with Crippen LogP contribution >= 0.6 is 0 Å². The first-order valence-corrected chi connectivity index (χ1v) is 7.18. The summed E-state index contributed by atoms with van der Waals surface area (Å²) in [7, 11) is 0. The van der Waals surface area contributed by atoms with Crippen molar-refractivity contribution in [2.75, 3.05) is 17.2 Å². The van der Waals surface area contributed by atoms with E-state index in [-0.39, 0.29) is 0 Å². The smallest absolute Gasteiger partial charge is 0.224 e. The Hall–Kier alpha value is -2.10. The highest BCUT2D eigenvalue weighted by Crippen LogP contribution is 2.16. The third kappa shape index (κ3) is 4.53. The van der Waals surface area contributed by atoms with Crippen molar-refractivity contribution in [2.45, 2.75) is 33.1 Å². The third-order valence-corrected chi connectivity index (χ3v) is 3.01. The van der Waals surface area contributed by atoms with Crippen LogP contribution in [0.5, 0.6) is 0 Å². The van der Waals surface area contributed by atoms with E-state index in [1.54, 1.807) is 6.20 Å². The SMILES string of the molecule is CCCCCNc1nccc(Nc2cccc(C)c2)n1. The number of anilines is 3. The summed E-state index contributed by atoms with van der Waals surface area (Å²) in [6, 6.07) is 10.1. The maximum Gasteiger partial charge on any atom is 0.224 e. The van der Waals surface area contributed by atoms with Crippen LogP contribution in [0.3, 0.4) is 0 Å². The number of unbranched alkanes of at least 4 members (excludes halogenated alkanes) is 2. The molecule has 0 saturated carbocycles. The summed E-state index contributed by atoms with van der Waals surface area (Å²) >= 11 is 0. The molecule has 0 fully saturated rings. The van der Waals surface area contributed by atoms with E-state index < -0.39 is 0 Å². The molecule has 4 heteroatoms. The Balaban J connectivity index is 1.95. The molecule has 1 heterocycles. The maximum atomic E-state index is 4.46. The highest BCUT2D eigenvalue weighted by Gasteiger charge is 1.99. The summed E-state index contributed by atoms with van der Waals surface area (Å²) < 4.78 is 0. The molecular formula is C16H22N4. The fraction of sp³-hybridized carbons (Fsp3) is 0.375. The number of benzene rings is 1. The van der Waals surface area contributed by atoms with E-state index in [0.29, 0.717) is 5.95 Å². The monoisotopic (exact) mass is 270 g/mol. The molecule has 0 atom stereocenters. The highest BCUT2D eigenvalue weighted by molar-refractivity contribution is 5.57. The number of hydrogen-bond acceptors (Lipinski definition) is 4. The molecule has 0 spiro atoms. The molecule has 106 valence electrons. The minimum absolute atomic E-state index is 0.679. The fourth-order valence-electron chi connectivity index (χ4n) is 1.96. The molecule has 1 aromatic carbocycles. The molecule has 0 aliphatic carbocycles. The van der Waals surface area contributed by atoms with E-state index in [1.807, 2.05) is 18.2 Å². The van der Waals surface area contributed by atoms with Gasteiger partial charge in [0.15, 0.2) is 0 Å². The summed E-state index contributed by atoms with van der Waals surface area (Å²) in [4.78, 5) is 8.70. The standard InChI is InChI=1S/C16H22N4/c1-3-4-5-10-17-16-18-11-9-15(20-16)19-14-8-6-7-13(2)12-14/h6-9,11-12H,3-5,10H2,1-2H3,(H2,17,18,19,20). The van der Waals surface area contributed by atoms with Crippen molar-refractivity contribution < 1.29 is 0 Å². The summed E-state index contributed by atoms with van der Waals surface area (Å²) in [5.41, 5.74) is 2.27. The van der Waals surface area contributed by atoms with Gasteiger partial charge in [-0.25, -0.2) is 4.98 Å². The van der Waals surface area contributed by atoms with E-state index in [1.165, 1.54) is 18.4 Å². The molecule has 2 rings (SSSR count). The fourth-order valence-corrected chi connectivity index (χ4v) is 1.96. The largest absolute Gasteiger partial charge is 0.354 e. The zero-order chi connectivity index (χ0) is 14.2. The predicted molar refractivity (Wildman–Crippen MR) is 84.5 cm³/mol. The second kappa shape index (κ2) is 7.48. The van der Waals surface area contributed by atoms with Gasteiger partial charge in [0.1, 0.15) is 5.82 Å². The molecule has 0 unspecified atom stereocenters. The minimum atomic E-state index is 0.679. The normalized spacial score (nSPS) is 10.3. The molecule has 0 aliphatic rings. The Morgan fingerprint density at radius 2 is 2.05 bits per heavy atom. The van der Waals surface area contributed by atoms with Crippen LogP contribution in [-0.2, 0) is 0 Å². The summed E-state index contributed by atoms with van der Waals surface area (Å²) in [6.45, 7) is 5.19. The van der Waals surface area contributed by atoms with Crippen LogP contribution in [0.2, 0.25) is 0 Å². The van der Waals surface area contributed by atoms with Crippen molar-refractivity contribution in [3.05, 3.63) is 42.1 Å². The summed E-state index contributed by atoms with van der Waals surface area (Å²) in [5.74, 6) is 1.49. The first kappa shape index (κ1) is 14.3. The quantitative estimate of drug-likeness (QED) is 0.743. The molecule has 0 radical (unpaired) electrons. The van der Waals surface area contributed by atoms with Gasteiger partial charge in [0.2, 0.25) is 5.95 Å². The van der Waals surface area contributed by atoms with Gasteiger partial charge < -0.3 is 10.6 Å². The lowest BCUT2D eigenvalue weighted by molar-refractivity contribution is 0.740. The van der Waals surface area contributed by atoms with Crippen molar-refractivity contribution in [1.29, 1.82) is 0 Å².